The number of rotatable bonds is 4. The molecule has 0 aliphatic carbocycles. The summed E-state index contributed by atoms with van der Waals surface area (Å²) >= 11 is 1.09. The zero-order valence-corrected chi connectivity index (χ0v) is 16.0. The molecule has 6 nitrogen and oxygen atoms in total. The van der Waals surface area contributed by atoms with Crippen molar-refractivity contribution >= 4 is 33.6 Å². The smallest absolute Gasteiger partial charge is 0.277 e. The number of carbonyl (C=O) groups excluding carboxylic acids is 1. The van der Waals surface area contributed by atoms with Crippen molar-refractivity contribution < 1.29 is 9.18 Å². The number of pyridine rings is 1. The molecule has 2 aromatic heterocycles. The van der Waals surface area contributed by atoms with Crippen LogP contribution < -0.4 is 16.0 Å². The number of halogens is 1. The Labute approximate surface area is 166 Å². The normalized spacial score (nSPS) is 14.1. The van der Waals surface area contributed by atoms with Crippen molar-refractivity contribution in [3.05, 3.63) is 54.2 Å². The highest BCUT2D eigenvalue weighted by molar-refractivity contribution is 7.19. The average Bonchev–Trinajstić information content (AvgIpc) is 3.11. The van der Waals surface area contributed by atoms with Gasteiger partial charge in [0.05, 0.1) is 17.6 Å². The van der Waals surface area contributed by atoms with E-state index in [0.717, 1.165) is 43.0 Å². The highest BCUT2D eigenvalue weighted by Crippen LogP contribution is 2.33. The summed E-state index contributed by atoms with van der Waals surface area (Å²) < 4.78 is 14.0. The van der Waals surface area contributed by atoms with Gasteiger partial charge in [-0.2, -0.15) is 0 Å². The van der Waals surface area contributed by atoms with Crippen LogP contribution >= 0.6 is 11.3 Å². The van der Waals surface area contributed by atoms with Gasteiger partial charge in [0.25, 0.3) is 5.91 Å². The number of thiazole rings is 1. The molecular weight excluding hydrogens is 377 g/mol. The fourth-order valence-corrected chi connectivity index (χ4v) is 4.18. The minimum atomic E-state index is -0.428. The van der Waals surface area contributed by atoms with E-state index in [0.29, 0.717) is 16.3 Å². The molecule has 1 fully saturated rings. The number of benzene rings is 1. The van der Waals surface area contributed by atoms with Gasteiger partial charge in [-0.25, -0.2) is 9.37 Å². The molecule has 1 aliphatic rings. The SMILES string of the molecule is Nc1sc(-c2ccccc2F)nc1C(=O)Nc1cnccc1N1CCCCC1. The van der Waals surface area contributed by atoms with Crippen molar-refractivity contribution in [2.24, 2.45) is 0 Å². The van der Waals surface area contributed by atoms with Gasteiger partial charge in [0.15, 0.2) is 5.69 Å². The first-order valence-electron chi connectivity index (χ1n) is 9.15. The van der Waals surface area contributed by atoms with E-state index in [2.05, 4.69) is 20.2 Å². The number of nitrogens with two attached hydrogens (primary N) is 1. The fraction of sp³-hybridized carbons (Fsp3) is 0.250. The Morgan fingerprint density at radius 1 is 1.18 bits per heavy atom. The number of hydrogen-bond donors (Lipinski definition) is 2. The molecule has 8 heteroatoms. The maximum Gasteiger partial charge on any atom is 0.277 e. The molecule has 0 radical (unpaired) electrons. The third kappa shape index (κ3) is 3.68. The Bertz CT molecular complexity index is 1000. The van der Waals surface area contributed by atoms with E-state index in [1.807, 2.05) is 6.07 Å². The highest BCUT2D eigenvalue weighted by atomic mass is 32.1. The molecule has 144 valence electrons. The molecular formula is C20H20FN5OS. The predicted octanol–water partition coefficient (Wildman–Crippen LogP) is 4.17. The first-order valence-corrected chi connectivity index (χ1v) is 9.96. The molecule has 28 heavy (non-hydrogen) atoms. The average molecular weight is 397 g/mol. The Morgan fingerprint density at radius 3 is 2.75 bits per heavy atom. The quantitative estimate of drug-likeness (QED) is 0.690. The van der Waals surface area contributed by atoms with Crippen LogP contribution in [-0.2, 0) is 0 Å². The minimum absolute atomic E-state index is 0.0942. The topological polar surface area (TPSA) is 84.1 Å². The van der Waals surface area contributed by atoms with Crippen molar-refractivity contribution in [2.75, 3.05) is 29.0 Å². The van der Waals surface area contributed by atoms with Gasteiger partial charge in [0.1, 0.15) is 15.8 Å². The lowest BCUT2D eigenvalue weighted by atomic mass is 10.1. The van der Waals surface area contributed by atoms with Crippen molar-refractivity contribution in [3.63, 3.8) is 0 Å². The van der Waals surface area contributed by atoms with Gasteiger partial charge in [-0.1, -0.05) is 23.5 Å². The number of nitrogens with one attached hydrogen (secondary N) is 1. The second kappa shape index (κ2) is 7.93. The summed E-state index contributed by atoms with van der Waals surface area (Å²) in [4.78, 5) is 23.5. The lowest BCUT2D eigenvalue weighted by Crippen LogP contribution is -2.30. The zero-order chi connectivity index (χ0) is 19.5. The summed E-state index contributed by atoms with van der Waals surface area (Å²) in [6.45, 7) is 1.90. The molecule has 0 saturated carbocycles. The molecule has 1 saturated heterocycles. The summed E-state index contributed by atoms with van der Waals surface area (Å²) in [7, 11) is 0. The number of aromatic nitrogens is 2. The van der Waals surface area contributed by atoms with E-state index in [-0.39, 0.29) is 10.7 Å². The minimum Gasteiger partial charge on any atom is -0.389 e. The van der Waals surface area contributed by atoms with Gasteiger partial charge >= 0.3 is 0 Å². The zero-order valence-electron chi connectivity index (χ0n) is 15.2. The monoisotopic (exact) mass is 397 g/mol. The van der Waals surface area contributed by atoms with E-state index in [1.165, 1.54) is 12.5 Å². The van der Waals surface area contributed by atoms with Crippen LogP contribution in [0, 0.1) is 5.82 Å². The molecule has 1 aromatic carbocycles. The van der Waals surface area contributed by atoms with Gasteiger partial charge in [-0.05, 0) is 37.5 Å². The van der Waals surface area contributed by atoms with Crippen LogP contribution in [0.3, 0.4) is 0 Å². The van der Waals surface area contributed by atoms with Crippen LogP contribution in [0.2, 0.25) is 0 Å². The Morgan fingerprint density at radius 2 is 1.96 bits per heavy atom. The molecule has 3 aromatic rings. The standard InChI is InChI=1S/C20H20FN5OS/c21-14-7-3-2-6-13(14)20-25-17(18(22)28-20)19(27)24-15-12-23-9-8-16(15)26-10-4-1-5-11-26/h2-3,6-9,12H,1,4-5,10-11,22H2,(H,24,27). The second-order valence-corrected chi connectivity index (χ2v) is 7.64. The fourth-order valence-electron chi connectivity index (χ4n) is 3.32. The summed E-state index contributed by atoms with van der Waals surface area (Å²) in [6, 6.07) is 8.19. The first-order chi connectivity index (χ1) is 13.6. The summed E-state index contributed by atoms with van der Waals surface area (Å²) in [6.07, 6.45) is 6.81. The molecule has 0 atom stereocenters. The van der Waals surface area contributed by atoms with Gasteiger partial charge in [0.2, 0.25) is 0 Å². The third-order valence-corrected chi connectivity index (χ3v) is 5.63. The summed E-state index contributed by atoms with van der Waals surface area (Å²) in [5, 5.41) is 3.50. The Hall–Kier alpha value is -3.00. The second-order valence-electron chi connectivity index (χ2n) is 6.61. The van der Waals surface area contributed by atoms with Crippen LogP contribution in [0.25, 0.3) is 10.6 Å². The number of carbonyl (C=O) groups is 1. The van der Waals surface area contributed by atoms with Crippen LogP contribution in [0.1, 0.15) is 29.8 Å². The lowest BCUT2D eigenvalue weighted by Gasteiger charge is -2.30. The molecule has 0 spiro atoms. The van der Waals surface area contributed by atoms with Crippen molar-refractivity contribution in [1.29, 1.82) is 0 Å². The number of hydrogen-bond acceptors (Lipinski definition) is 6. The molecule has 3 heterocycles. The molecule has 4 rings (SSSR count). The summed E-state index contributed by atoms with van der Waals surface area (Å²) in [5.41, 5.74) is 7.99. The number of anilines is 3. The molecule has 0 unspecified atom stereocenters. The van der Waals surface area contributed by atoms with Crippen molar-refractivity contribution in [2.45, 2.75) is 19.3 Å². The number of amides is 1. The van der Waals surface area contributed by atoms with E-state index < -0.39 is 11.7 Å². The maximum atomic E-state index is 14.0. The van der Waals surface area contributed by atoms with Crippen molar-refractivity contribution in [1.82, 2.24) is 9.97 Å². The van der Waals surface area contributed by atoms with Gasteiger partial charge < -0.3 is 16.0 Å². The molecule has 3 N–H and O–H groups in total. The van der Waals surface area contributed by atoms with Crippen LogP contribution in [-0.4, -0.2) is 29.0 Å². The van der Waals surface area contributed by atoms with Gasteiger partial charge in [-0.15, -0.1) is 0 Å². The van der Waals surface area contributed by atoms with E-state index in [9.17, 15) is 9.18 Å². The number of nitrogen functional groups attached to an aromatic ring is 1. The van der Waals surface area contributed by atoms with Crippen LogP contribution in [0.15, 0.2) is 42.7 Å². The Balaban J connectivity index is 1.59. The first kappa shape index (κ1) is 18.4. The van der Waals surface area contributed by atoms with Gasteiger partial charge in [0, 0.05) is 24.8 Å². The lowest BCUT2D eigenvalue weighted by molar-refractivity contribution is 0.102. The molecule has 1 aliphatic heterocycles. The van der Waals surface area contributed by atoms with Gasteiger partial charge in [-0.3, -0.25) is 9.78 Å². The maximum absolute atomic E-state index is 14.0. The van der Waals surface area contributed by atoms with E-state index in [4.69, 9.17) is 5.73 Å². The Kier molecular flexibility index (Phi) is 5.21. The summed E-state index contributed by atoms with van der Waals surface area (Å²) in [5.74, 6) is -0.828. The third-order valence-electron chi connectivity index (χ3n) is 4.72. The number of nitrogens with zero attached hydrogens (tertiary/aromatic N) is 3. The molecule has 0 bridgehead atoms. The largest absolute Gasteiger partial charge is 0.389 e. The van der Waals surface area contributed by atoms with Crippen molar-refractivity contribution in [3.8, 4) is 10.6 Å². The highest BCUT2D eigenvalue weighted by Gasteiger charge is 2.21. The van der Waals surface area contributed by atoms with E-state index >= 15 is 0 Å². The van der Waals surface area contributed by atoms with E-state index in [1.54, 1.807) is 30.6 Å². The van der Waals surface area contributed by atoms with Crippen LogP contribution in [0.4, 0.5) is 20.8 Å². The van der Waals surface area contributed by atoms with Crippen LogP contribution in [0.5, 0.6) is 0 Å². The number of piperidine rings is 1. The predicted molar refractivity (Wildman–Crippen MR) is 110 cm³/mol. The molecule has 1 amide bonds.